The lowest BCUT2D eigenvalue weighted by molar-refractivity contribution is 0.0903. The zero-order chi connectivity index (χ0) is 14.4. The Balaban J connectivity index is 0.00000220. The fraction of sp³-hybridized carbons (Fsp3) is 0.611. The van der Waals surface area contributed by atoms with Gasteiger partial charge < -0.3 is 4.90 Å². The Labute approximate surface area is 135 Å². The van der Waals surface area contributed by atoms with Crippen LogP contribution in [0, 0.1) is 5.92 Å². The number of carbonyl (C=O) groups is 1. The molecule has 1 aliphatic heterocycles. The minimum absolute atomic E-state index is 0. The van der Waals surface area contributed by atoms with E-state index in [0.29, 0.717) is 5.78 Å². The number of nitrogens with zero attached hydrogens (tertiary/aromatic N) is 1. The maximum absolute atomic E-state index is 12.4. The highest BCUT2D eigenvalue weighted by Crippen LogP contribution is 2.15. The van der Waals surface area contributed by atoms with Crippen LogP contribution >= 0.6 is 12.4 Å². The normalized spacial score (nSPS) is 16.5. The average molecular weight is 310 g/mol. The first-order chi connectivity index (χ1) is 9.70. The molecule has 2 rings (SSSR count). The van der Waals surface area contributed by atoms with Gasteiger partial charge in [-0.1, -0.05) is 44.5 Å². The number of rotatable bonds is 7. The van der Waals surface area contributed by atoms with Crippen molar-refractivity contribution in [2.45, 2.75) is 46.0 Å². The number of hydrogen-bond donors (Lipinski definition) is 0. The van der Waals surface area contributed by atoms with E-state index in [9.17, 15) is 4.79 Å². The van der Waals surface area contributed by atoms with Crippen LogP contribution in [0.15, 0.2) is 24.3 Å². The van der Waals surface area contributed by atoms with Crippen molar-refractivity contribution >= 4 is 18.2 Å². The predicted octanol–water partition coefficient (Wildman–Crippen LogP) is 4.37. The lowest BCUT2D eigenvalue weighted by atomic mass is 9.97. The number of ketones is 1. The summed E-state index contributed by atoms with van der Waals surface area (Å²) in [5, 5.41) is 0. The van der Waals surface area contributed by atoms with Gasteiger partial charge in [0.2, 0.25) is 0 Å². The van der Waals surface area contributed by atoms with Crippen LogP contribution in [0.2, 0.25) is 0 Å². The maximum atomic E-state index is 12.4. The molecule has 0 amide bonds. The highest BCUT2D eigenvalue weighted by molar-refractivity contribution is 5.97. The van der Waals surface area contributed by atoms with Gasteiger partial charge >= 0.3 is 0 Å². The van der Waals surface area contributed by atoms with E-state index in [1.54, 1.807) is 0 Å². The van der Waals surface area contributed by atoms with Crippen LogP contribution in [0.25, 0.3) is 0 Å². The number of unbranched alkanes of at least 4 members (excludes halogenated alkanes) is 1. The topological polar surface area (TPSA) is 20.3 Å². The molecule has 2 nitrogen and oxygen atoms in total. The van der Waals surface area contributed by atoms with Crippen molar-refractivity contribution in [3.05, 3.63) is 35.4 Å². The second-order valence-corrected chi connectivity index (χ2v) is 6.07. The molecule has 1 heterocycles. The molecule has 1 saturated heterocycles. The van der Waals surface area contributed by atoms with Crippen LogP contribution in [0.3, 0.4) is 0 Å². The van der Waals surface area contributed by atoms with Crippen LogP contribution in [0.1, 0.15) is 55.5 Å². The molecule has 118 valence electrons. The summed E-state index contributed by atoms with van der Waals surface area (Å²) in [4.78, 5) is 14.8. The van der Waals surface area contributed by atoms with Crippen molar-refractivity contribution in [3.63, 3.8) is 0 Å². The minimum atomic E-state index is 0. The number of carbonyl (C=O) groups excluding carboxylic acids is 1. The first-order valence-electron chi connectivity index (χ1n) is 8.06. The molecule has 0 radical (unpaired) electrons. The van der Waals surface area contributed by atoms with Crippen LogP contribution in [0.4, 0.5) is 0 Å². The molecular weight excluding hydrogens is 282 g/mol. The smallest absolute Gasteiger partial charge is 0.166 e. The van der Waals surface area contributed by atoms with E-state index < -0.39 is 0 Å². The van der Waals surface area contributed by atoms with Crippen LogP contribution in [-0.2, 0) is 6.42 Å². The third-order valence-corrected chi connectivity index (χ3v) is 4.24. The number of aryl methyl sites for hydroxylation is 1. The Kier molecular flexibility index (Phi) is 7.98. The summed E-state index contributed by atoms with van der Waals surface area (Å²) >= 11 is 0. The van der Waals surface area contributed by atoms with Gasteiger partial charge in [-0.2, -0.15) is 0 Å². The van der Waals surface area contributed by atoms with Gasteiger partial charge in [0, 0.05) is 18.0 Å². The van der Waals surface area contributed by atoms with Crippen molar-refractivity contribution in [3.8, 4) is 0 Å². The first kappa shape index (κ1) is 18.2. The van der Waals surface area contributed by atoms with E-state index >= 15 is 0 Å². The molecular formula is C18H28ClNO. The van der Waals surface area contributed by atoms with E-state index in [1.807, 2.05) is 12.1 Å². The average Bonchev–Trinajstić information content (AvgIpc) is 2.97. The highest BCUT2D eigenvalue weighted by atomic mass is 35.5. The van der Waals surface area contributed by atoms with Gasteiger partial charge in [0.25, 0.3) is 0 Å². The molecule has 0 aliphatic carbocycles. The largest absolute Gasteiger partial charge is 0.303 e. The third-order valence-electron chi connectivity index (χ3n) is 4.24. The lowest BCUT2D eigenvalue weighted by Gasteiger charge is -2.19. The van der Waals surface area contributed by atoms with Gasteiger partial charge in [0.05, 0.1) is 0 Å². The van der Waals surface area contributed by atoms with Crippen molar-refractivity contribution in [1.82, 2.24) is 4.90 Å². The van der Waals surface area contributed by atoms with Gasteiger partial charge in [0.15, 0.2) is 5.78 Å². The Morgan fingerprint density at radius 3 is 2.38 bits per heavy atom. The van der Waals surface area contributed by atoms with E-state index in [-0.39, 0.29) is 18.3 Å². The summed E-state index contributed by atoms with van der Waals surface area (Å²) in [5.74, 6) is 0.397. The number of benzene rings is 1. The van der Waals surface area contributed by atoms with Gasteiger partial charge in [-0.15, -0.1) is 12.4 Å². The molecule has 1 aromatic carbocycles. The zero-order valence-electron chi connectivity index (χ0n) is 13.3. The predicted molar refractivity (Wildman–Crippen MR) is 91.5 cm³/mol. The molecule has 1 atom stereocenters. The third kappa shape index (κ3) is 5.44. The molecule has 3 heteroatoms. The van der Waals surface area contributed by atoms with Crippen molar-refractivity contribution in [2.75, 3.05) is 19.6 Å². The lowest BCUT2D eigenvalue weighted by Crippen LogP contribution is -2.29. The fourth-order valence-corrected chi connectivity index (χ4v) is 2.94. The Morgan fingerprint density at radius 1 is 1.19 bits per heavy atom. The SMILES string of the molecule is CCCCc1ccc(C(=O)C(C)CN2CCCC2)cc1.Cl. The van der Waals surface area contributed by atoms with Crippen LogP contribution < -0.4 is 0 Å². The number of Topliss-reactive ketones (excluding diaryl/α,β-unsaturated/α-hetero) is 1. The molecule has 21 heavy (non-hydrogen) atoms. The van der Waals surface area contributed by atoms with Gasteiger partial charge in [0.1, 0.15) is 0 Å². The summed E-state index contributed by atoms with van der Waals surface area (Å²) in [6, 6.07) is 8.25. The molecule has 0 spiro atoms. The number of hydrogen-bond acceptors (Lipinski definition) is 2. The maximum Gasteiger partial charge on any atom is 0.166 e. The monoisotopic (exact) mass is 309 g/mol. The summed E-state index contributed by atoms with van der Waals surface area (Å²) in [5.41, 5.74) is 2.22. The number of likely N-dealkylation sites (tertiary alicyclic amines) is 1. The van der Waals surface area contributed by atoms with E-state index in [2.05, 4.69) is 30.9 Å². The fourth-order valence-electron chi connectivity index (χ4n) is 2.94. The van der Waals surface area contributed by atoms with Gasteiger partial charge in [-0.05, 0) is 44.3 Å². The summed E-state index contributed by atoms with van der Waals surface area (Å²) in [6.45, 7) is 7.50. The highest BCUT2D eigenvalue weighted by Gasteiger charge is 2.20. The van der Waals surface area contributed by atoms with Crippen LogP contribution in [0.5, 0.6) is 0 Å². The molecule has 0 saturated carbocycles. The second-order valence-electron chi connectivity index (χ2n) is 6.07. The first-order valence-corrected chi connectivity index (χ1v) is 8.06. The molecule has 1 aliphatic rings. The zero-order valence-corrected chi connectivity index (χ0v) is 14.1. The van der Waals surface area contributed by atoms with E-state index in [0.717, 1.165) is 31.6 Å². The molecule has 1 aromatic rings. The second kappa shape index (κ2) is 9.22. The van der Waals surface area contributed by atoms with Gasteiger partial charge in [-0.25, -0.2) is 0 Å². The van der Waals surface area contributed by atoms with Crippen molar-refractivity contribution < 1.29 is 4.79 Å². The molecule has 0 bridgehead atoms. The van der Waals surface area contributed by atoms with Crippen molar-refractivity contribution in [1.29, 1.82) is 0 Å². The Morgan fingerprint density at radius 2 is 1.81 bits per heavy atom. The molecule has 1 fully saturated rings. The summed E-state index contributed by atoms with van der Waals surface area (Å²) < 4.78 is 0. The summed E-state index contributed by atoms with van der Waals surface area (Å²) in [7, 11) is 0. The molecule has 0 N–H and O–H groups in total. The standard InChI is InChI=1S/C18H27NO.ClH/c1-3-4-7-16-8-10-17(11-9-16)18(20)15(2)14-19-12-5-6-13-19;/h8-11,15H,3-7,12-14H2,1-2H3;1H. The number of halogens is 1. The van der Waals surface area contributed by atoms with Crippen LogP contribution in [-0.4, -0.2) is 30.3 Å². The molecule has 1 unspecified atom stereocenters. The quantitative estimate of drug-likeness (QED) is 0.697. The minimum Gasteiger partial charge on any atom is -0.303 e. The Bertz CT molecular complexity index is 423. The summed E-state index contributed by atoms with van der Waals surface area (Å²) in [6.07, 6.45) is 6.13. The van der Waals surface area contributed by atoms with E-state index in [1.165, 1.54) is 31.2 Å². The van der Waals surface area contributed by atoms with E-state index in [4.69, 9.17) is 0 Å². The Hall–Kier alpha value is -0.860. The van der Waals surface area contributed by atoms with Crippen molar-refractivity contribution in [2.24, 2.45) is 5.92 Å². The van der Waals surface area contributed by atoms with Gasteiger partial charge in [-0.3, -0.25) is 4.79 Å². The molecule has 0 aromatic heterocycles.